The summed E-state index contributed by atoms with van der Waals surface area (Å²) in [6.07, 6.45) is 0.125. The van der Waals surface area contributed by atoms with Crippen LogP contribution in [-0.4, -0.2) is 38.6 Å². The van der Waals surface area contributed by atoms with Crippen molar-refractivity contribution >= 4 is 29.1 Å². The Bertz CT molecular complexity index is 1120. The van der Waals surface area contributed by atoms with Crippen molar-refractivity contribution < 1.29 is 9.59 Å². The molecule has 1 aromatic carbocycles. The average Bonchev–Trinajstić information content (AvgIpc) is 2.96. The fourth-order valence-corrected chi connectivity index (χ4v) is 3.41. The predicted octanol–water partition coefficient (Wildman–Crippen LogP) is 3.09. The molecule has 9 heteroatoms. The van der Waals surface area contributed by atoms with E-state index in [9.17, 15) is 9.59 Å². The largest absolute Gasteiger partial charge is 0.355 e. The van der Waals surface area contributed by atoms with Crippen LogP contribution >= 0.6 is 11.6 Å². The minimum atomic E-state index is -0.322. The summed E-state index contributed by atoms with van der Waals surface area (Å²) < 4.78 is 1.66. The van der Waals surface area contributed by atoms with Gasteiger partial charge in [-0.3, -0.25) is 9.59 Å². The van der Waals surface area contributed by atoms with Crippen molar-refractivity contribution in [2.24, 2.45) is 0 Å². The third-order valence-electron chi connectivity index (χ3n) is 4.66. The topological polar surface area (TPSA) is 102 Å². The van der Waals surface area contributed by atoms with Gasteiger partial charge in [0, 0.05) is 35.4 Å². The SMILES string of the molecule is CNC(=O)c1cc(NC(=O)Cc2c(C)nn(-c3nc(C)cc(C)n3)c2C)ccc1Cl. The van der Waals surface area contributed by atoms with Crippen LogP contribution in [0.1, 0.15) is 38.7 Å². The molecule has 2 amide bonds. The zero-order chi connectivity index (χ0) is 22.0. The highest BCUT2D eigenvalue weighted by molar-refractivity contribution is 6.34. The van der Waals surface area contributed by atoms with E-state index in [4.69, 9.17) is 11.6 Å². The number of nitrogens with zero attached hydrogens (tertiary/aromatic N) is 4. The van der Waals surface area contributed by atoms with Gasteiger partial charge in [-0.2, -0.15) is 5.10 Å². The number of carbonyl (C=O) groups is 2. The van der Waals surface area contributed by atoms with Crippen LogP contribution in [0.2, 0.25) is 5.02 Å². The highest BCUT2D eigenvalue weighted by atomic mass is 35.5. The van der Waals surface area contributed by atoms with E-state index in [2.05, 4.69) is 25.7 Å². The van der Waals surface area contributed by atoms with Crippen molar-refractivity contribution in [2.45, 2.75) is 34.1 Å². The maximum Gasteiger partial charge on any atom is 0.252 e. The van der Waals surface area contributed by atoms with Crippen molar-refractivity contribution in [3.05, 3.63) is 63.2 Å². The number of nitrogens with one attached hydrogen (secondary N) is 2. The summed E-state index contributed by atoms with van der Waals surface area (Å²) in [6.45, 7) is 7.53. The number of amides is 2. The van der Waals surface area contributed by atoms with Crippen molar-refractivity contribution in [1.29, 1.82) is 0 Å². The summed E-state index contributed by atoms with van der Waals surface area (Å²) in [7, 11) is 1.52. The normalized spacial score (nSPS) is 10.7. The highest BCUT2D eigenvalue weighted by Gasteiger charge is 2.18. The molecule has 2 heterocycles. The van der Waals surface area contributed by atoms with Gasteiger partial charge >= 0.3 is 0 Å². The van der Waals surface area contributed by atoms with Crippen LogP contribution in [0.5, 0.6) is 0 Å². The molecule has 3 rings (SSSR count). The molecule has 8 nitrogen and oxygen atoms in total. The lowest BCUT2D eigenvalue weighted by Gasteiger charge is -2.09. The Balaban J connectivity index is 1.83. The van der Waals surface area contributed by atoms with Gasteiger partial charge in [0.25, 0.3) is 11.9 Å². The summed E-state index contributed by atoms with van der Waals surface area (Å²) in [4.78, 5) is 33.5. The zero-order valence-corrected chi connectivity index (χ0v) is 18.3. The molecule has 0 unspecified atom stereocenters. The Labute approximate surface area is 179 Å². The number of carbonyl (C=O) groups excluding carboxylic acids is 2. The van der Waals surface area contributed by atoms with E-state index in [0.717, 1.165) is 28.3 Å². The molecule has 0 aliphatic heterocycles. The monoisotopic (exact) mass is 426 g/mol. The summed E-state index contributed by atoms with van der Waals surface area (Å²) in [6, 6.07) is 6.67. The van der Waals surface area contributed by atoms with Crippen molar-refractivity contribution in [3.8, 4) is 5.95 Å². The number of anilines is 1. The Morgan fingerprint density at radius 2 is 1.73 bits per heavy atom. The molecule has 0 radical (unpaired) electrons. The van der Waals surface area contributed by atoms with Gasteiger partial charge in [0.2, 0.25) is 5.91 Å². The quantitative estimate of drug-likeness (QED) is 0.652. The van der Waals surface area contributed by atoms with Gasteiger partial charge in [-0.1, -0.05) is 11.6 Å². The van der Waals surface area contributed by atoms with Gasteiger partial charge in [0.1, 0.15) is 0 Å². The van der Waals surface area contributed by atoms with Crippen LogP contribution in [0.25, 0.3) is 5.95 Å². The second-order valence-electron chi connectivity index (χ2n) is 7.01. The molecule has 0 aliphatic rings. The maximum atomic E-state index is 12.7. The lowest BCUT2D eigenvalue weighted by Crippen LogP contribution is -2.19. The third kappa shape index (κ3) is 4.49. The number of aryl methyl sites for hydroxylation is 3. The molecule has 0 aliphatic carbocycles. The van der Waals surface area contributed by atoms with Gasteiger partial charge < -0.3 is 10.6 Å². The molecule has 30 heavy (non-hydrogen) atoms. The Kier molecular flexibility index (Phi) is 6.17. The van der Waals surface area contributed by atoms with E-state index < -0.39 is 0 Å². The van der Waals surface area contributed by atoms with E-state index >= 15 is 0 Å². The zero-order valence-electron chi connectivity index (χ0n) is 17.5. The van der Waals surface area contributed by atoms with Crippen molar-refractivity contribution in [3.63, 3.8) is 0 Å². The summed E-state index contributed by atoms with van der Waals surface area (Å²) >= 11 is 6.06. The molecule has 0 saturated heterocycles. The van der Waals surface area contributed by atoms with Crippen LogP contribution in [0.4, 0.5) is 5.69 Å². The van der Waals surface area contributed by atoms with E-state index in [1.807, 2.05) is 33.8 Å². The first-order valence-electron chi connectivity index (χ1n) is 9.38. The number of benzene rings is 1. The molecule has 0 atom stereocenters. The Hall–Kier alpha value is -3.26. The van der Waals surface area contributed by atoms with Crippen molar-refractivity contribution in [1.82, 2.24) is 25.1 Å². The molecule has 3 aromatic rings. The third-order valence-corrected chi connectivity index (χ3v) is 4.99. The standard InChI is InChI=1S/C21H23ClN6O2/c1-11-8-12(2)25-21(24-11)28-14(4)16(13(3)27-28)10-19(29)26-15-6-7-18(22)17(9-15)20(30)23-5/h6-9H,10H2,1-5H3,(H,23,30)(H,26,29). The first-order valence-corrected chi connectivity index (χ1v) is 9.76. The summed E-state index contributed by atoms with van der Waals surface area (Å²) in [5.74, 6) is -0.0718. The molecule has 0 spiro atoms. The fourth-order valence-electron chi connectivity index (χ4n) is 3.21. The molecular weight excluding hydrogens is 404 g/mol. The maximum absolute atomic E-state index is 12.7. The van der Waals surface area contributed by atoms with Gasteiger partial charge in [-0.25, -0.2) is 14.6 Å². The Morgan fingerprint density at radius 1 is 1.07 bits per heavy atom. The van der Waals surface area contributed by atoms with Gasteiger partial charge in [0.15, 0.2) is 0 Å². The first kappa shape index (κ1) is 21.4. The lowest BCUT2D eigenvalue weighted by molar-refractivity contribution is -0.115. The van der Waals surface area contributed by atoms with Crippen LogP contribution < -0.4 is 10.6 Å². The smallest absolute Gasteiger partial charge is 0.252 e. The van der Waals surface area contributed by atoms with Gasteiger partial charge in [-0.15, -0.1) is 0 Å². The first-order chi connectivity index (χ1) is 14.2. The van der Waals surface area contributed by atoms with Crippen LogP contribution in [0, 0.1) is 27.7 Å². The van der Waals surface area contributed by atoms with Crippen molar-refractivity contribution in [2.75, 3.05) is 12.4 Å². The fraction of sp³-hybridized carbons (Fsp3) is 0.286. The van der Waals surface area contributed by atoms with Gasteiger partial charge in [-0.05, 0) is 52.0 Å². The molecule has 2 N–H and O–H groups in total. The number of hydrogen-bond donors (Lipinski definition) is 2. The Morgan fingerprint density at radius 3 is 2.37 bits per heavy atom. The molecule has 0 bridgehead atoms. The van der Waals surface area contributed by atoms with Crippen LogP contribution in [0.15, 0.2) is 24.3 Å². The lowest BCUT2D eigenvalue weighted by atomic mass is 10.1. The number of halogens is 1. The summed E-state index contributed by atoms with van der Waals surface area (Å²) in [5, 5.41) is 10.2. The second kappa shape index (κ2) is 8.62. The molecule has 0 saturated carbocycles. The van der Waals surface area contributed by atoms with Crippen LogP contribution in [0.3, 0.4) is 0 Å². The molecule has 156 valence electrons. The van der Waals surface area contributed by atoms with E-state index in [1.54, 1.807) is 22.9 Å². The van der Waals surface area contributed by atoms with E-state index in [-0.39, 0.29) is 18.2 Å². The van der Waals surface area contributed by atoms with E-state index in [0.29, 0.717) is 22.2 Å². The summed E-state index contributed by atoms with van der Waals surface area (Å²) in [5.41, 5.74) is 4.81. The van der Waals surface area contributed by atoms with Crippen LogP contribution in [-0.2, 0) is 11.2 Å². The highest BCUT2D eigenvalue weighted by Crippen LogP contribution is 2.22. The molecular formula is C21H23ClN6O2. The molecule has 0 fully saturated rings. The number of hydrogen-bond acceptors (Lipinski definition) is 5. The van der Waals surface area contributed by atoms with Gasteiger partial charge in [0.05, 0.1) is 22.7 Å². The predicted molar refractivity (Wildman–Crippen MR) is 115 cm³/mol. The minimum Gasteiger partial charge on any atom is -0.355 e. The molecule has 2 aromatic heterocycles. The second-order valence-corrected chi connectivity index (χ2v) is 7.42. The van der Waals surface area contributed by atoms with E-state index in [1.165, 1.54) is 7.05 Å². The number of aromatic nitrogens is 4. The average molecular weight is 427 g/mol. The number of rotatable bonds is 5. The minimum absolute atomic E-state index is 0.125.